The summed E-state index contributed by atoms with van der Waals surface area (Å²) in [7, 11) is 1.53. The molecule has 0 spiro atoms. The Morgan fingerprint density at radius 3 is 2.36 bits per heavy atom. The fourth-order valence-electron chi connectivity index (χ4n) is 4.63. The second kappa shape index (κ2) is 9.72. The van der Waals surface area contributed by atoms with Crippen molar-refractivity contribution in [3.05, 3.63) is 67.0 Å². The van der Waals surface area contributed by atoms with E-state index in [4.69, 9.17) is 0 Å². The fourth-order valence-corrected chi connectivity index (χ4v) is 4.63. The first-order valence-electron chi connectivity index (χ1n) is 12.3. The number of aromatic nitrogens is 3. The quantitative estimate of drug-likeness (QED) is 0.526. The highest BCUT2D eigenvalue weighted by Crippen LogP contribution is 2.40. The number of likely N-dealkylation sites (N-methyl/N-ethyl adjacent to an activating group) is 1. The average molecular weight is 492 g/mol. The first kappa shape index (κ1) is 25.3. The van der Waals surface area contributed by atoms with Crippen molar-refractivity contribution in [2.45, 2.75) is 59.9 Å². The van der Waals surface area contributed by atoms with Gasteiger partial charge in [-0.3, -0.25) is 23.9 Å². The van der Waals surface area contributed by atoms with E-state index in [1.807, 2.05) is 46.8 Å². The summed E-state index contributed by atoms with van der Waals surface area (Å²) in [5, 5.41) is 2.98. The van der Waals surface area contributed by atoms with Crippen molar-refractivity contribution in [3.63, 3.8) is 0 Å². The van der Waals surface area contributed by atoms with Crippen LogP contribution in [0.25, 0.3) is 11.0 Å². The van der Waals surface area contributed by atoms with E-state index in [9.17, 15) is 19.2 Å². The molecule has 0 atom stereocenters. The third-order valence-electron chi connectivity index (χ3n) is 6.41. The number of aryl methyl sites for hydroxylation is 3. The minimum Gasteiger partial charge on any atom is -0.332 e. The van der Waals surface area contributed by atoms with Gasteiger partial charge in [0.05, 0.1) is 17.5 Å². The molecule has 0 aliphatic heterocycles. The van der Waals surface area contributed by atoms with E-state index in [0.717, 1.165) is 35.2 Å². The van der Waals surface area contributed by atoms with Gasteiger partial charge >= 0.3 is 5.69 Å². The Bertz CT molecular complexity index is 1460. The van der Waals surface area contributed by atoms with Crippen LogP contribution in [-0.2, 0) is 11.3 Å². The molecule has 2 N–H and O–H groups in total. The summed E-state index contributed by atoms with van der Waals surface area (Å²) in [6.45, 7) is 9.93. The number of nitrogens with zero attached hydrogens (tertiary/aromatic N) is 3. The molecule has 0 radical (unpaired) electrons. The number of H-pyrrole nitrogens is 1. The minimum absolute atomic E-state index is 0.0714. The Balaban J connectivity index is 1.70. The molecule has 0 saturated heterocycles. The zero-order valence-corrected chi connectivity index (χ0v) is 21.7. The lowest BCUT2D eigenvalue weighted by Crippen LogP contribution is -2.37. The fraction of sp³-hybridized carbons (Fsp3) is 0.444. The molecule has 2 amide bonds. The smallest absolute Gasteiger partial charge is 0.330 e. The summed E-state index contributed by atoms with van der Waals surface area (Å²) in [6, 6.07) is 5.62. The molecule has 1 aliphatic rings. The summed E-state index contributed by atoms with van der Waals surface area (Å²) in [4.78, 5) is 60.2. The van der Waals surface area contributed by atoms with E-state index in [2.05, 4.69) is 15.3 Å². The van der Waals surface area contributed by atoms with Gasteiger partial charge in [0.2, 0.25) is 5.91 Å². The van der Waals surface area contributed by atoms with Gasteiger partial charge in [0.15, 0.2) is 5.65 Å². The highest BCUT2D eigenvalue weighted by molar-refractivity contribution is 6.07. The number of anilines is 1. The zero-order valence-electron chi connectivity index (χ0n) is 21.7. The van der Waals surface area contributed by atoms with Gasteiger partial charge in [-0.25, -0.2) is 9.78 Å². The molecule has 1 saturated carbocycles. The topological polar surface area (TPSA) is 117 Å². The van der Waals surface area contributed by atoms with Crippen LogP contribution in [-0.4, -0.2) is 44.8 Å². The van der Waals surface area contributed by atoms with Gasteiger partial charge in [-0.15, -0.1) is 0 Å². The highest BCUT2D eigenvalue weighted by atomic mass is 16.2. The van der Waals surface area contributed by atoms with Crippen LogP contribution in [0.15, 0.2) is 27.8 Å². The Morgan fingerprint density at radius 1 is 1.14 bits per heavy atom. The van der Waals surface area contributed by atoms with E-state index in [1.165, 1.54) is 16.5 Å². The normalized spacial score (nSPS) is 13.3. The van der Waals surface area contributed by atoms with Crippen LogP contribution in [0.5, 0.6) is 0 Å². The highest BCUT2D eigenvalue weighted by Gasteiger charge is 2.30. The summed E-state index contributed by atoms with van der Waals surface area (Å²) in [5.41, 5.74) is 3.58. The van der Waals surface area contributed by atoms with Crippen molar-refractivity contribution in [2.24, 2.45) is 5.92 Å². The number of hydrogen-bond acceptors (Lipinski definition) is 5. The van der Waals surface area contributed by atoms with Crippen molar-refractivity contribution >= 4 is 28.5 Å². The lowest BCUT2D eigenvalue weighted by Gasteiger charge is -2.20. The molecule has 1 fully saturated rings. The number of carbonyl (C=O) groups is 2. The average Bonchev–Trinajstić information content (AvgIpc) is 3.63. The Kier molecular flexibility index (Phi) is 6.84. The number of nitrogens with one attached hydrogen (secondary N) is 2. The van der Waals surface area contributed by atoms with Crippen molar-refractivity contribution in [1.29, 1.82) is 0 Å². The van der Waals surface area contributed by atoms with Gasteiger partial charge in [0.1, 0.15) is 0 Å². The lowest BCUT2D eigenvalue weighted by molar-refractivity contribution is -0.116. The van der Waals surface area contributed by atoms with Gasteiger partial charge < -0.3 is 10.2 Å². The van der Waals surface area contributed by atoms with Crippen LogP contribution >= 0.6 is 0 Å². The van der Waals surface area contributed by atoms with Gasteiger partial charge in [0.25, 0.3) is 11.5 Å². The first-order valence-corrected chi connectivity index (χ1v) is 12.3. The molecule has 190 valence electrons. The third kappa shape index (κ3) is 5.10. The summed E-state index contributed by atoms with van der Waals surface area (Å²) in [6.07, 6.45) is 1.88. The van der Waals surface area contributed by atoms with Crippen molar-refractivity contribution in [2.75, 3.05) is 18.9 Å². The van der Waals surface area contributed by atoms with Crippen molar-refractivity contribution < 1.29 is 9.59 Å². The van der Waals surface area contributed by atoms with Gasteiger partial charge in [-0.05, 0) is 56.7 Å². The molecular weight excluding hydrogens is 458 g/mol. The molecule has 1 aliphatic carbocycles. The van der Waals surface area contributed by atoms with Crippen LogP contribution in [0.2, 0.25) is 0 Å². The van der Waals surface area contributed by atoms with E-state index in [0.29, 0.717) is 12.2 Å². The maximum absolute atomic E-state index is 13.6. The number of aromatic amines is 1. The molecule has 0 unspecified atom stereocenters. The van der Waals surface area contributed by atoms with Gasteiger partial charge in [-0.1, -0.05) is 31.5 Å². The molecule has 1 aromatic carbocycles. The lowest BCUT2D eigenvalue weighted by atomic mass is 10.1. The Labute approximate surface area is 209 Å². The molecule has 9 nitrogen and oxygen atoms in total. The molecule has 9 heteroatoms. The van der Waals surface area contributed by atoms with Gasteiger partial charge in [-0.2, -0.15) is 0 Å². The standard InChI is InChI=1S/C27H33N5O4/c1-14(2)12-32-24-22(25(34)30-27(32)36)19(11-20(28-24)18-7-8-18)26(35)31(6)13-21(33)29-23-16(4)9-15(3)10-17(23)5/h9-11,14,18H,7-8,12-13H2,1-6H3,(H,29,33)(H,30,34,36). The molecular formula is C27H33N5O4. The van der Waals surface area contributed by atoms with Crippen LogP contribution in [0, 0.1) is 26.7 Å². The van der Waals surface area contributed by atoms with Crippen LogP contribution < -0.4 is 16.6 Å². The molecule has 36 heavy (non-hydrogen) atoms. The SMILES string of the molecule is Cc1cc(C)c(NC(=O)CN(C)C(=O)c2cc(C3CC3)nc3c2c(=O)[nH]c(=O)n3CC(C)C)c(C)c1. The number of pyridine rings is 1. The van der Waals surface area contributed by atoms with E-state index < -0.39 is 17.2 Å². The molecule has 2 aromatic heterocycles. The first-order chi connectivity index (χ1) is 17.0. The predicted octanol–water partition coefficient (Wildman–Crippen LogP) is 3.25. The number of carbonyl (C=O) groups excluding carboxylic acids is 2. The third-order valence-corrected chi connectivity index (χ3v) is 6.41. The number of amides is 2. The predicted molar refractivity (Wildman–Crippen MR) is 140 cm³/mol. The Hall–Kier alpha value is -3.75. The maximum Gasteiger partial charge on any atom is 0.330 e. The van der Waals surface area contributed by atoms with E-state index >= 15 is 0 Å². The second-order valence-electron chi connectivity index (χ2n) is 10.3. The monoisotopic (exact) mass is 491 g/mol. The summed E-state index contributed by atoms with van der Waals surface area (Å²) < 4.78 is 1.43. The minimum atomic E-state index is -0.656. The molecule has 4 rings (SSSR count). The Morgan fingerprint density at radius 2 is 1.78 bits per heavy atom. The second-order valence-corrected chi connectivity index (χ2v) is 10.3. The van der Waals surface area contributed by atoms with Gasteiger partial charge in [0, 0.05) is 30.9 Å². The molecule has 2 heterocycles. The maximum atomic E-state index is 13.6. The zero-order chi connectivity index (χ0) is 26.3. The molecule has 3 aromatic rings. The van der Waals surface area contributed by atoms with Crippen molar-refractivity contribution in [3.8, 4) is 0 Å². The molecule has 0 bridgehead atoms. The van der Waals surface area contributed by atoms with E-state index in [-0.39, 0.29) is 40.9 Å². The van der Waals surface area contributed by atoms with Crippen LogP contribution in [0.4, 0.5) is 5.69 Å². The number of rotatable bonds is 7. The van der Waals surface area contributed by atoms with Crippen LogP contribution in [0.3, 0.4) is 0 Å². The summed E-state index contributed by atoms with van der Waals surface area (Å²) >= 11 is 0. The van der Waals surface area contributed by atoms with E-state index in [1.54, 1.807) is 6.07 Å². The number of benzene rings is 1. The van der Waals surface area contributed by atoms with Crippen molar-refractivity contribution in [1.82, 2.24) is 19.4 Å². The van der Waals surface area contributed by atoms with Crippen LogP contribution in [0.1, 0.15) is 65.3 Å². The number of fused-ring (bicyclic) bond motifs is 1. The largest absolute Gasteiger partial charge is 0.332 e. The summed E-state index contributed by atoms with van der Waals surface area (Å²) in [5.74, 6) is -0.490. The number of hydrogen-bond donors (Lipinski definition) is 2.